The summed E-state index contributed by atoms with van der Waals surface area (Å²) in [6.07, 6.45) is 4.68. The summed E-state index contributed by atoms with van der Waals surface area (Å²) in [5.41, 5.74) is 6.64. The van der Waals surface area contributed by atoms with Gasteiger partial charge in [-0.05, 0) is 24.5 Å². The molecular formula is C14H20ClIN4O2. The van der Waals surface area contributed by atoms with Crippen molar-refractivity contribution in [2.75, 3.05) is 13.1 Å². The Morgan fingerprint density at radius 2 is 1.95 bits per heavy atom. The van der Waals surface area contributed by atoms with E-state index >= 15 is 0 Å². The number of nitro groups is 1. The fourth-order valence-corrected chi connectivity index (χ4v) is 2.54. The number of nitrogens with two attached hydrogens (primary N) is 1. The third kappa shape index (κ3) is 5.28. The van der Waals surface area contributed by atoms with E-state index < -0.39 is 4.92 Å². The van der Waals surface area contributed by atoms with Crippen LogP contribution >= 0.6 is 35.6 Å². The molecule has 1 fully saturated rings. The van der Waals surface area contributed by atoms with E-state index in [1.54, 1.807) is 0 Å². The minimum absolute atomic E-state index is 0. The number of non-ortho nitro benzene ring substituents is 1. The van der Waals surface area contributed by atoms with Crippen LogP contribution in [0.25, 0.3) is 0 Å². The highest BCUT2D eigenvalue weighted by atomic mass is 127. The van der Waals surface area contributed by atoms with Crippen molar-refractivity contribution in [2.45, 2.75) is 32.2 Å². The van der Waals surface area contributed by atoms with Crippen LogP contribution < -0.4 is 5.73 Å². The van der Waals surface area contributed by atoms with Gasteiger partial charge in [-0.3, -0.25) is 10.1 Å². The highest BCUT2D eigenvalue weighted by Gasteiger charge is 2.12. The monoisotopic (exact) mass is 438 g/mol. The summed E-state index contributed by atoms with van der Waals surface area (Å²) >= 11 is 6.05. The molecule has 2 rings (SSSR count). The van der Waals surface area contributed by atoms with E-state index in [1.165, 1.54) is 31.0 Å². The number of guanidine groups is 1. The van der Waals surface area contributed by atoms with Crippen molar-refractivity contribution in [3.8, 4) is 0 Å². The maximum Gasteiger partial charge on any atom is 0.269 e. The number of nitrogens with zero attached hydrogens (tertiary/aromatic N) is 3. The molecule has 0 atom stereocenters. The molecule has 0 radical (unpaired) electrons. The van der Waals surface area contributed by atoms with E-state index in [-0.39, 0.29) is 36.2 Å². The predicted molar refractivity (Wildman–Crippen MR) is 98.9 cm³/mol. The molecular weight excluding hydrogens is 419 g/mol. The van der Waals surface area contributed by atoms with Crippen molar-refractivity contribution >= 4 is 47.2 Å². The van der Waals surface area contributed by atoms with Gasteiger partial charge in [0.15, 0.2) is 5.96 Å². The summed E-state index contributed by atoms with van der Waals surface area (Å²) in [5, 5.41) is 11.2. The number of benzene rings is 1. The minimum atomic E-state index is -0.443. The van der Waals surface area contributed by atoms with Gasteiger partial charge in [0.2, 0.25) is 0 Å². The number of nitro benzene ring substituents is 1. The van der Waals surface area contributed by atoms with Crippen LogP contribution in [0.3, 0.4) is 0 Å². The van der Waals surface area contributed by atoms with Crippen molar-refractivity contribution < 1.29 is 4.92 Å². The van der Waals surface area contributed by atoms with Gasteiger partial charge < -0.3 is 10.6 Å². The first-order valence-electron chi connectivity index (χ1n) is 7.05. The van der Waals surface area contributed by atoms with Gasteiger partial charge in [-0.1, -0.05) is 24.4 Å². The zero-order valence-electron chi connectivity index (χ0n) is 12.2. The standard InChI is InChI=1S/C14H19ClN4O2.HI/c15-13-6-5-12(19(20)21)9-11(13)10-17-14(16)18-7-3-1-2-4-8-18;/h5-6,9H,1-4,7-8,10H2,(H2,16,17);1H. The average Bonchev–Trinajstić information content (AvgIpc) is 2.75. The summed E-state index contributed by atoms with van der Waals surface area (Å²) in [7, 11) is 0. The summed E-state index contributed by atoms with van der Waals surface area (Å²) < 4.78 is 0. The number of hydrogen-bond donors (Lipinski definition) is 1. The third-order valence-electron chi connectivity index (χ3n) is 3.58. The van der Waals surface area contributed by atoms with Crippen LogP contribution in [0.15, 0.2) is 23.2 Å². The molecule has 1 aliphatic heterocycles. The molecule has 22 heavy (non-hydrogen) atoms. The average molecular weight is 439 g/mol. The molecule has 1 aliphatic rings. The molecule has 8 heteroatoms. The van der Waals surface area contributed by atoms with Crippen LogP contribution in [0.4, 0.5) is 5.69 Å². The van der Waals surface area contributed by atoms with Crippen LogP contribution in [0, 0.1) is 10.1 Å². The van der Waals surface area contributed by atoms with Crippen LogP contribution in [-0.4, -0.2) is 28.9 Å². The Labute approximate surface area is 151 Å². The smallest absolute Gasteiger partial charge is 0.269 e. The highest BCUT2D eigenvalue weighted by molar-refractivity contribution is 14.0. The van der Waals surface area contributed by atoms with Crippen LogP contribution in [0.2, 0.25) is 5.02 Å². The van der Waals surface area contributed by atoms with Gasteiger partial charge in [-0.15, -0.1) is 24.0 Å². The van der Waals surface area contributed by atoms with Gasteiger partial charge in [0.05, 0.1) is 11.5 Å². The molecule has 0 amide bonds. The molecule has 1 aromatic rings. The fraction of sp³-hybridized carbons (Fsp3) is 0.500. The lowest BCUT2D eigenvalue weighted by atomic mass is 10.2. The van der Waals surface area contributed by atoms with Crippen LogP contribution in [-0.2, 0) is 6.54 Å². The van der Waals surface area contributed by atoms with Gasteiger partial charge in [0.25, 0.3) is 5.69 Å². The molecule has 0 aromatic heterocycles. The lowest BCUT2D eigenvalue weighted by Gasteiger charge is -2.21. The second kappa shape index (κ2) is 9.14. The summed E-state index contributed by atoms with van der Waals surface area (Å²) in [6, 6.07) is 4.35. The second-order valence-corrected chi connectivity index (χ2v) is 5.52. The maximum absolute atomic E-state index is 10.8. The molecule has 0 spiro atoms. The summed E-state index contributed by atoms with van der Waals surface area (Å²) in [4.78, 5) is 16.7. The Kier molecular flexibility index (Phi) is 7.88. The topological polar surface area (TPSA) is 84.8 Å². The second-order valence-electron chi connectivity index (χ2n) is 5.11. The van der Waals surface area contributed by atoms with E-state index in [2.05, 4.69) is 9.89 Å². The first-order chi connectivity index (χ1) is 10.1. The minimum Gasteiger partial charge on any atom is -0.370 e. The van der Waals surface area contributed by atoms with E-state index in [1.807, 2.05) is 0 Å². The zero-order chi connectivity index (χ0) is 15.2. The number of aliphatic imine (C=N–C) groups is 1. The Bertz CT molecular complexity index is 546. The van der Waals surface area contributed by atoms with E-state index in [0.29, 0.717) is 16.5 Å². The molecule has 0 unspecified atom stereocenters. The fourth-order valence-electron chi connectivity index (χ4n) is 2.36. The lowest BCUT2D eigenvalue weighted by molar-refractivity contribution is -0.384. The van der Waals surface area contributed by atoms with Crippen molar-refractivity contribution in [3.05, 3.63) is 38.9 Å². The molecule has 1 saturated heterocycles. The Balaban J connectivity index is 0.00000242. The predicted octanol–water partition coefficient (Wildman–Crippen LogP) is 3.56. The normalized spacial score (nSPS) is 15.9. The molecule has 0 bridgehead atoms. The van der Waals surface area contributed by atoms with Crippen molar-refractivity contribution in [1.82, 2.24) is 4.90 Å². The van der Waals surface area contributed by atoms with Crippen molar-refractivity contribution in [3.63, 3.8) is 0 Å². The van der Waals surface area contributed by atoms with Crippen molar-refractivity contribution in [1.29, 1.82) is 0 Å². The molecule has 0 saturated carbocycles. The van der Waals surface area contributed by atoms with Gasteiger partial charge in [0, 0.05) is 30.2 Å². The number of hydrogen-bond acceptors (Lipinski definition) is 3. The maximum atomic E-state index is 10.8. The molecule has 0 aliphatic carbocycles. The summed E-state index contributed by atoms with van der Waals surface area (Å²) in [5.74, 6) is 0.486. The molecule has 122 valence electrons. The zero-order valence-corrected chi connectivity index (χ0v) is 15.3. The SMILES string of the molecule is I.NC(=NCc1cc([N+](=O)[O-])ccc1Cl)N1CCCCCC1. The largest absolute Gasteiger partial charge is 0.370 e. The molecule has 2 N–H and O–H groups in total. The molecule has 1 aromatic carbocycles. The van der Waals surface area contributed by atoms with E-state index in [0.717, 1.165) is 25.9 Å². The van der Waals surface area contributed by atoms with Gasteiger partial charge in [-0.25, -0.2) is 4.99 Å². The van der Waals surface area contributed by atoms with E-state index in [4.69, 9.17) is 17.3 Å². The first-order valence-corrected chi connectivity index (χ1v) is 7.43. The van der Waals surface area contributed by atoms with Crippen LogP contribution in [0.1, 0.15) is 31.2 Å². The quantitative estimate of drug-likeness (QED) is 0.257. The number of likely N-dealkylation sites (tertiary alicyclic amines) is 1. The Morgan fingerprint density at radius 3 is 2.55 bits per heavy atom. The molecule has 6 nitrogen and oxygen atoms in total. The van der Waals surface area contributed by atoms with Gasteiger partial charge in [-0.2, -0.15) is 0 Å². The highest BCUT2D eigenvalue weighted by Crippen LogP contribution is 2.22. The van der Waals surface area contributed by atoms with Crippen LogP contribution in [0.5, 0.6) is 0 Å². The lowest BCUT2D eigenvalue weighted by Crippen LogP contribution is -2.38. The molecule has 1 heterocycles. The van der Waals surface area contributed by atoms with Gasteiger partial charge in [0.1, 0.15) is 0 Å². The Morgan fingerprint density at radius 1 is 1.32 bits per heavy atom. The number of rotatable bonds is 3. The summed E-state index contributed by atoms with van der Waals surface area (Å²) in [6.45, 7) is 2.08. The van der Waals surface area contributed by atoms with E-state index in [9.17, 15) is 10.1 Å². The third-order valence-corrected chi connectivity index (χ3v) is 3.95. The van der Waals surface area contributed by atoms with Crippen molar-refractivity contribution in [2.24, 2.45) is 10.7 Å². The first kappa shape index (κ1) is 19.0. The number of halogens is 2. The van der Waals surface area contributed by atoms with Gasteiger partial charge >= 0.3 is 0 Å². The Hall–Kier alpha value is -1.09.